The second-order valence-electron chi connectivity index (χ2n) is 5.71. The highest BCUT2D eigenvalue weighted by atomic mass is 16.5. The predicted octanol–water partition coefficient (Wildman–Crippen LogP) is 0.512. The van der Waals surface area contributed by atoms with Crippen molar-refractivity contribution in [3.05, 3.63) is 29.6 Å². The summed E-state index contributed by atoms with van der Waals surface area (Å²) < 4.78 is 5.81. The van der Waals surface area contributed by atoms with Crippen LogP contribution >= 0.6 is 0 Å². The Hall–Kier alpha value is -1.01. The molecule has 1 aliphatic rings. The first-order valence-electron chi connectivity index (χ1n) is 6.67. The van der Waals surface area contributed by atoms with Gasteiger partial charge in [-0.15, -0.1) is 0 Å². The molecule has 0 aliphatic carbocycles. The summed E-state index contributed by atoms with van der Waals surface area (Å²) in [7, 11) is 0. The molecule has 0 bridgehead atoms. The number of nitrogens with zero attached hydrogens (tertiary/aromatic N) is 2. The van der Waals surface area contributed by atoms with Crippen LogP contribution in [0.25, 0.3) is 0 Å². The third kappa shape index (κ3) is 3.98. The van der Waals surface area contributed by atoms with Gasteiger partial charge in [-0.2, -0.15) is 0 Å². The number of aliphatic hydroxyl groups excluding tert-OH is 1. The smallest absolute Gasteiger partial charge is 0.0940 e. The normalized spacial score (nSPS) is 23.5. The van der Waals surface area contributed by atoms with Gasteiger partial charge in [0, 0.05) is 32.4 Å². The van der Waals surface area contributed by atoms with Gasteiger partial charge < -0.3 is 15.6 Å². The number of aromatic nitrogens is 1. The van der Waals surface area contributed by atoms with Crippen LogP contribution < -0.4 is 5.73 Å². The van der Waals surface area contributed by atoms with Gasteiger partial charge in [-0.05, 0) is 31.5 Å². The number of morpholine rings is 1. The van der Waals surface area contributed by atoms with Crippen molar-refractivity contribution in [2.24, 2.45) is 5.73 Å². The lowest BCUT2D eigenvalue weighted by atomic mass is 10.0. The maximum Gasteiger partial charge on any atom is 0.0940 e. The molecule has 106 valence electrons. The molecule has 19 heavy (non-hydrogen) atoms. The molecule has 1 fully saturated rings. The van der Waals surface area contributed by atoms with Gasteiger partial charge in [0.15, 0.2) is 0 Å². The van der Waals surface area contributed by atoms with Crippen molar-refractivity contribution in [1.29, 1.82) is 0 Å². The average molecular weight is 265 g/mol. The van der Waals surface area contributed by atoms with Crippen molar-refractivity contribution in [1.82, 2.24) is 9.88 Å². The lowest BCUT2D eigenvalue weighted by molar-refractivity contribution is -0.150. The highest BCUT2D eigenvalue weighted by Gasteiger charge is 2.32. The number of aliphatic hydroxyl groups is 1. The number of hydrogen-bond donors (Lipinski definition) is 2. The fraction of sp³-hybridized carbons (Fsp3) is 0.643. The van der Waals surface area contributed by atoms with Gasteiger partial charge in [-0.1, -0.05) is 0 Å². The Balaban J connectivity index is 2.04. The summed E-state index contributed by atoms with van der Waals surface area (Å²) in [5.41, 5.74) is 7.49. The Bertz CT molecular complexity index is 423. The number of nitrogens with two attached hydrogens (primary N) is 1. The first-order valence-corrected chi connectivity index (χ1v) is 6.67. The molecule has 0 amide bonds. The molecule has 1 aromatic rings. The third-order valence-electron chi connectivity index (χ3n) is 3.25. The molecule has 2 heterocycles. The Morgan fingerprint density at radius 3 is 3.05 bits per heavy atom. The van der Waals surface area contributed by atoms with Gasteiger partial charge in [-0.3, -0.25) is 9.88 Å². The van der Waals surface area contributed by atoms with E-state index in [2.05, 4.69) is 23.7 Å². The minimum absolute atomic E-state index is 0.0598. The molecule has 2 rings (SSSR count). The summed E-state index contributed by atoms with van der Waals surface area (Å²) in [6.07, 6.45) is 1.69. The summed E-state index contributed by atoms with van der Waals surface area (Å²) in [6.45, 7) is 7.06. The molecule has 1 unspecified atom stereocenters. The van der Waals surface area contributed by atoms with Crippen LogP contribution in [0.15, 0.2) is 18.3 Å². The summed E-state index contributed by atoms with van der Waals surface area (Å²) >= 11 is 0. The molecule has 5 nitrogen and oxygen atoms in total. The Morgan fingerprint density at radius 2 is 2.37 bits per heavy atom. The van der Waals surface area contributed by atoms with Gasteiger partial charge in [0.25, 0.3) is 0 Å². The molecule has 3 N–H and O–H groups in total. The number of rotatable bonds is 4. The van der Waals surface area contributed by atoms with Crippen LogP contribution in [0.1, 0.15) is 25.1 Å². The monoisotopic (exact) mass is 265 g/mol. The summed E-state index contributed by atoms with van der Waals surface area (Å²) in [5, 5.41) is 9.31. The molecular formula is C14H23N3O2. The minimum atomic E-state index is -0.227. The van der Waals surface area contributed by atoms with E-state index in [1.165, 1.54) is 5.56 Å². The third-order valence-corrected chi connectivity index (χ3v) is 3.25. The molecular weight excluding hydrogens is 242 g/mol. The lowest BCUT2D eigenvalue weighted by Gasteiger charge is -2.42. The van der Waals surface area contributed by atoms with E-state index in [0.717, 1.165) is 25.3 Å². The first kappa shape index (κ1) is 14.4. The molecule has 0 spiro atoms. The highest BCUT2D eigenvalue weighted by Crippen LogP contribution is 2.22. The minimum Gasteiger partial charge on any atom is -0.394 e. The number of hydrogen-bond acceptors (Lipinski definition) is 5. The van der Waals surface area contributed by atoms with Crippen molar-refractivity contribution in [2.75, 3.05) is 19.7 Å². The van der Waals surface area contributed by atoms with Crippen molar-refractivity contribution in [3.63, 3.8) is 0 Å². The molecule has 1 aliphatic heterocycles. The Morgan fingerprint density at radius 1 is 1.58 bits per heavy atom. The summed E-state index contributed by atoms with van der Waals surface area (Å²) in [4.78, 5) is 6.51. The van der Waals surface area contributed by atoms with Gasteiger partial charge in [0.05, 0.1) is 24.0 Å². The maximum absolute atomic E-state index is 9.31. The van der Waals surface area contributed by atoms with Gasteiger partial charge >= 0.3 is 0 Å². The predicted molar refractivity (Wildman–Crippen MR) is 73.4 cm³/mol. The van der Waals surface area contributed by atoms with Crippen LogP contribution in [-0.4, -0.2) is 46.4 Å². The molecule has 5 heteroatoms. The Kier molecular flexibility index (Phi) is 4.52. The molecule has 1 aromatic heterocycles. The van der Waals surface area contributed by atoms with Crippen molar-refractivity contribution in [3.8, 4) is 0 Å². The van der Waals surface area contributed by atoms with E-state index < -0.39 is 0 Å². The quantitative estimate of drug-likeness (QED) is 0.830. The van der Waals surface area contributed by atoms with E-state index in [1.807, 2.05) is 12.1 Å². The standard InChI is InChI=1S/C14H23N3O2/c1-14(2)10-17(8-13(9-18)19-14)7-11-3-4-16-12(5-11)6-15/h3-5,13,18H,6-10,15H2,1-2H3. The van der Waals surface area contributed by atoms with E-state index in [-0.39, 0.29) is 18.3 Å². The summed E-state index contributed by atoms with van der Waals surface area (Å²) in [6, 6.07) is 4.05. The van der Waals surface area contributed by atoms with Crippen LogP contribution in [0.2, 0.25) is 0 Å². The van der Waals surface area contributed by atoms with E-state index in [4.69, 9.17) is 10.5 Å². The van der Waals surface area contributed by atoms with Crippen LogP contribution in [0.5, 0.6) is 0 Å². The van der Waals surface area contributed by atoms with Gasteiger partial charge in [0.2, 0.25) is 0 Å². The SMILES string of the molecule is CC1(C)CN(Cc2ccnc(CN)c2)CC(CO)O1. The van der Waals surface area contributed by atoms with Crippen LogP contribution in [0.3, 0.4) is 0 Å². The zero-order chi connectivity index (χ0) is 13.9. The molecule has 0 radical (unpaired) electrons. The number of ether oxygens (including phenoxy) is 1. The summed E-state index contributed by atoms with van der Waals surface area (Å²) in [5.74, 6) is 0. The number of pyridine rings is 1. The van der Waals surface area contributed by atoms with Gasteiger partial charge in [-0.25, -0.2) is 0 Å². The largest absolute Gasteiger partial charge is 0.394 e. The van der Waals surface area contributed by atoms with E-state index in [9.17, 15) is 5.11 Å². The Labute approximate surface area is 114 Å². The molecule has 0 saturated carbocycles. The van der Waals surface area contributed by atoms with Crippen LogP contribution in [-0.2, 0) is 17.8 Å². The maximum atomic E-state index is 9.31. The fourth-order valence-electron chi connectivity index (χ4n) is 2.63. The topological polar surface area (TPSA) is 71.6 Å². The average Bonchev–Trinajstić information content (AvgIpc) is 2.37. The van der Waals surface area contributed by atoms with Crippen molar-refractivity contribution < 1.29 is 9.84 Å². The molecule has 1 saturated heterocycles. The second kappa shape index (κ2) is 5.96. The molecule has 1 atom stereocenters. The molecule has 0 aromatic carbocycles. The zero-order valence-corrected chi connectivity index (χ0v) is 11.7. The van der Waals surface area contributed by atoms with Crippen molar-refractivity contribution in [2.45, 2.75) is 38.6 Å². The lowest BCUT2D eigenvalue weighted by Crippen LogP contribution is -2.53. The first-order chi connectivity index (χ1) is 9.02. The highest BCUT2D eigenvalue weighted by molar-refractivity contribution is 5.16. The zero-order valence-electron chi connectivity index (χ0n) is 11.7. The fourth-order valence-corrected chi connectivity index (χ4v) is 2.63. The van der Waals surface area contributed by atoms with E-state index in [1.54, 1.807) is 6.20 Å². The van der Waals surface area contributed by atoms with Crippen molar-refractivity contribution >= 4 is 0 Å². The van der Waals surface area contributed by atoms with Crippen LogP contribution in [0, 0.1) is 0 Å². The second-order valence-corrected chi connectivity index (χ2v) is 5.71. The van der Waals surface area contributed by atoms with E-state index >= 15 is 0 Å². The van der Waals surface area contributed by atoms with Gasteiger partial charge in [0.1, 0.15) is 0 Å². The van der Waals surface area contributed by atoms with E-state index in [0.29, 0.717) is 6.54 Å². The van der Waals surface area contributed by atoms with Crippen LogP contribution in [0.4, 0.5) is 0 Å².